The number of halogens is 1. The smallest absolute Gasteiger partial charge is 0.179 e. The predicted octanol–water partition coefficient (Wildman–Crippen LogP) is 3.30. The molecule has 1 aromatic rings. The second kappa shape index (κ2) is 5.54. The molecular weight excluding hydrogens is 239 g/mol. The Morgan fingerprint density at radius 1 is 1.47 bits per heavy atom. The summed E-state index contributed by atoms with van der Waals surface area (Å²) in [7, 11) is 1.50. The molecule has 1 fully saturated rings. The van der Waals surface area contributed by atoms with Gasteiger partial charge in [-0.25, -0.2) is 4.39 Å². The summed E-state index contributed by atoms with van der Waals surface area (Å²) in [5, 5.41) is -0.0422. The van der Waals surface area contributed by atoms with Crippen LogP contribution >= 0.6 is 11.8 Å². The minimum atomic E-state index is -0.394. The van der Waals surface area contributed by atoms with E-state index in [9.17, 15) is 9.18 Å². The lowest BCUT2D eigenvalue weighted by Gasteiger charge is -2.20. The zero-order valence-corrected chi connectivity index (χ0v) is 10.6. The maximum Gasteiger partial charge on any atom is 0.179 e. The molecule has 17 heavy (non-hydrogen) atoms. The van der Waals surface area contributed by atoms with E-state index >= 15 is 0 Å². The molecule has 1 aliphatic heterocycles. The summed E-state index contributed by atoms with van der Waals surface area (Å²) < 4.78 is 18.3. The summed E-state index contributed by atoms with van der Waals surface area (Å²) in [5.41, 5.74) is 0.367. The van der Waals surface area contributed by atoms with Crippen molar-refractivity contribution in [2.75, 3.05) is 12.9 Å². The number of rotatable bonds is 3. The first-order valence-corrected chi connectivity index (χ1v) is 6.76. The number of hydrogen-bond donors (Lipinski definition) is 0. The van der Waals surface area contributed by atoms with Crippen molar-refractivity contribution in [3.05, 3.63) is 29.6 Å². The van der Waals surface area contributed by atoms with Crippen molar-refractivity contribution in [2.24, 2.45) is 0 Å². The summed E-state index contributed by atoms with van der Waals surface area (Å²) in [6.45, 7) is 0. The summed E-state index contributed by atoms with van der Waals surface area (Å²) in [6, 6.07) is 4.09. The average molecular weight is 254 g/mol. The monoisotopic (exact) mass is 254 g/mol. The lowest BCUT2D eigenvalue weighted by molar-refractivity contribution is 0.0981. The number of benzene rings is 1. The fraction of sp³-hybridized carbons (Fsp3) is 0.462. The van der Waals surface area contributed by atoms with Crippen LogP contribution in [0.5, 0.6) is 5.75 Å². The summed E-state index contributed by atoms with van der Waals surface area (Å²) in [6.07, 6.45) is 3.11. The van der Waals surface area contributed by atoms with Gasteiger partial charge in [-0.05, 0) is 36.8 Å². The van der Waals surface area contributed by atoms with E-state index in [1.165, 1.54) is 25.3 Å². The van der Waals surface area contributed by atoms with Crippen molar-refractivity contribution in [3.8, 4) is 5.75 Å². The van der Waals surface area contributed by atoms with Gasteiger partial charge in [-0.2, -0.15) is 11.8 Å². The Morgan fingerprint density at radius 3 is 2.94 bits per heavy atom. The molecule has 92 valence electrons. The predicted molar refractivity (Wildman–Crippen MR) is 67.4 cm³/mol. The molecule has 0 aromatic heterocycles. The molecule has 0 N–H and O–H groups in total. The average Bonchev–Trinajstić information content (AvgIpc) is 2.39. The van der Waals surface area contributed by atoms with Gasteiger partial charge in [0.2, 0.25) is 0 Å². The quantitative estimate of drug-likeness (QED) is 0.774. The molecule has 2 rings (SSSR count). The summed E-state index contributed by atoms with van der Waals surface area (Å²) >= 11 is 1.66. The third-order valence-electron chi connectivity index (χ3n) is 2.90. The topological polar surface area (TPSA) is 26.3 Å². The lowest BCUT2D eigenvalue weighted by atomic mass is 10.0. The highest BCUT2D eigenvalue weighted by Gasteiger charge is 2.25. The Labute approximate surface area is 105 Å². The molecule has 1 aromatic carbocycles. The number of carbonyl (C=O) groups excluding carboxylic acids is 1. The van der Waals surface area contributed by atoms with Gasteiger partial charge in [-0.1, -0.05) is 6.42 Å². The highest BCUT2D eigenvalue weighted by Crippen LogP contribution is 2.31. The molecule has 2 nitrogen and oxygen atoms in total. The summed E-state index contributed by atoms with van der Waals surface area (Å²) in [4.78, 5) is 12.3. The van der Waals surface area contributed by atoms with Crippen LogP contribution in [-0.4, -0.2) is 23.9 Å². The van der Waals surface area contributed by atoms with Gasteiger partial charge in [-0.15, -0.1) is 0 Å². The van der Waals surface area contributed by atoms with Crippen molar-refractivity contribution in [1.29, 1.82) is 0 Å². The molecular formula is C13H15FO2S. The van der Waals surface area contributed by atoms with Crippen LogP contribution in [0, 0.1) is 5.82 Å². The summed E-state index contributed by atoms with van der Waals surface area (Å²) in [5.74, 6) is 1.07. The number of hydrogen-bond acceptors (Lipinski definition) is 3. The molecule has 0 radical (unpaired) electrons. The second-order valence-electron chi connectivity index (χ2n) is 4.06. The van der Waals surface area contributed by atoms with Crippen LogP contribution in [0.2, 0.25) is 0 Å². The standard InChI is InChI=1S/C13H15FO2S/c1-16-11-6-5-9(14)8-10(11)13(15)12-4-2-3-7-17-12/h5-6,8,12H,2-4,7H2,1H3. The van der Waals surface area contributed by atoms with E-state index in [1.807, 2.05) is 0 Å². The van der Waals surface area contributed by atoms with Crippen molar-refractivity contribution < 1.29 is 13.9 Å². The number of ether oxygens (including phenoxy) is 1. The number of carbonyl (C=O) groups is 1. The van der Waals surface area contributed by atoms with Gasteiger partial charge in [-0.3, -0.25) is 4.79 Å². The van der Waals surface area contributed by atoms with E-state index in [0.717, 1.165) is 25.0 Å². The number of ketones is 1. The number of Topliss-reactive ketones (excluding diaryl/α,β-unsaturated/α-hetero) is 1. The van der Waals surface area contributed by atoms with E-state index < -0.39 is 5.82 Å². The zero-order chi connectivity index (χ0) is 12.3. The van der Waals surface area contributed by atoms with Crippen LogP contribution in [-0.2, 0) is 0 Å². The van der Waals surface area contributed by atoms with E-state index in [0.29, 0.717) is 11.3 Å². The fourth-order valence-electron chi connectivity index (χ4n) is 1.99. The Morgan fingerprint density at radius 2 is 2.29 bits per heavy atom. The lowest BCUT2D eigenvalue weighted by Crippen LogP contribution is -2.21. The van der Waals surface area contributed by atoms with Gasteiger partial charge in [0, 0.05) is 0 Å². The van der Waals surface area contributed by atoms with Crippen molar-refractivity contribution >= 4 is 17.5 Å². The van der Waals surface area contributed by atoms with Gasteiger partial charge >= 0.3 is 0 Å². The molecule has 0 aliphatic carbocycles. The first-order chi connectivity index (χ1) is 8.22. The van der Waals surface area contributed by atoms with Gasteiger partial charge in [0.05, 0.1) is 17.9 Å². The largest absolute Gasteiger partial charge is 0.496 e. The maximum atomic E-state index is 13.2. The van der Waals surface area contributed by atoms with Crippen molar-refractivity contribution in [2.45, 2.75) is 24.5 Å². The maximum absolute atomic E-state index is 13.2. The molecule has 1 heterocycles. The van der Waals surface area contributed by atoms with Crippen LogP contribution in [0.3, 0.4) is 0 Å². The molecule has 0 amide bonds. The Kier molecular flexibility index (Phi) is 4.05. The minimum absolute atomic E-state index is 0.00829. The number of methoxy groups -OCH3 is 1. The van der Waals surface area contributed by atoms with E-state index in [2.05, 4.69) is 0 Å². The Bertz CT molecular complexity index is 414. The van der Waals surface area contributed by atoms with Crippen LogP contribution in [0.1, 0.15) is 29.6 Å². The van der Waals surface area contributed by atoms with Crippen LogP contribution in [0.15, 0.2) is 18.2 Å². The van der Waals surface area contributed by atoms with E-state index in [4.69, 9.17) is 4.74 Å². The SMILES string of the molecule is COc1ccc(F)cc1C(=O)C1CCCCS1. The van der Waals surface area contributed by atoms with Crippen LogP contribution < -0.4 is 4.74 Å². The van der Waals surface area contributed by atoms with Gasteiger partial charge in [0.1, 0.15) is 11.6 Å². The van der Waals surface area contributed by atoms with E-state index in [1.54, 1.807) is 11.8 Å². The third kappa shape index (κ3) is 2.80. The Balaban J connectivity index is 2.25. The molecule has 1 unspecified atom stereocenters. The minimum Gasteiger partial charge on any atom is -0.496 e. The normalized spacial score (nSPS) is 20.0. The fourth-order valence-corrected chi connectivity index (χ4v) is 3.26. The van der Waals surface area contributed by atoms with E-state index in [-0.39, 0.29) is 11.0 Å². The highest BCUT2D eigenvalue weighted by atomic mass is 32.2. The molecule has 0 saturated carbocycles. The molecule has 4 heteroatoms. The van der Waals surface area contributed by atoms with Gasteiger partial charge in [0.25, 0.3) is 0 Å². The number of thioether (sulfide) groups is 1. The Hall–Kier alpha value is -1.03. The van der Waals surface area contributed by atoms with Gasteiger partial charge < -0.3 is 4.74 Å². The first kappa shape index (κ1) is 12.4. The van der Waals surface area contributed by atoms with Crippen molar-refractivity contribution in [1.82, 2.24) is 0 Å². The second-order valence-corrected chi connectivity index (χ2v) is 5.37. The molecule has 1 saturated heterocycles. The molecule has 1 atom stereocenters. The van der Waals surface area contributed by atoms with Crippen molar-refractivity contribution in [3.63, 3.8) is 0 Å². The molecule has 1 aliphatic rings. The first-order valence-electron chi connectivity index (χ1n) is 5.71. The third-order valence-corrected chi connectivity index (χ3v) is 4.28. The molecule has 0 bridgehead atoms. The van der Waals surface area contributed by atoms with Crippen LogP contribution in [0.4, 0.5) is 4.39 Å². The zero-order valence-electron chi connectivity index (χ0n) is 9.74. The van der Waals surface area contributed by atoms with Crippen LogP contribution in [0.25, 0.3) is 0 Å². The van der Waals surface area contributed by atoms with Gasteiger partial charge in [0.15, 0.2) is 5.78 Å². The highest BCUT2D eigenvalue weighted by molar-refractivity contribution is 8.00. The molecule has 0 spiro atoms.